The number of ether oxygens (including phenoxy) is 2. The van der Waals surface area contributed by atoms with Gasteiger partial charge in [0, 0.05) is 35.5 Å². The van der Waals surface area contributed by atoms with Crippen LogP contribution >= 0.6 is 0 Å². The van der Waals surface area contributed by atoms with Gasteiger partial charge in [-0.15, -0.1) is 0 Å². The normalized spacial score (nSPS) is 12.9. The highest BCUT2D eigenvalue weighted by molar-refractivity contribution is 5.87. The fourth-order valence-electron chi connectivity index (χ4n) is 3.13. The number of aromatic nitrogens is 1. The van der Waals surface area contributed by atoms with Gasteiger partial charge in [-0.3, -0.25) is 4.79 Å². The predicted octanol–water partition coefficient (Wildman–Crippen LogP) is 3.06. The van der Waals surface area contributed by atoms with Crippen LogP contribution in [-0.4, -0.2) is 47.2 Å². The summed E-state index contributed by atoms with van der Waals surface area (Å²) in [6, 6.07) is 6.87. The van der Waals surface area contributed by atoms with E-state index in [2.05, 4.69) is 15.6 Å². The molecule has 8 heteroatoms. The number of hydrogen-bond acceptors (Lipinski definition) is 5. The summed E-state index contributed by atoms with van der Waals surface area (Å²) in [5, 5.41) is 6.39. The molecule has 0 aliphatic heterocycles. The number of carbonyl (C=O) groups excluding carboxylic acids is 3. The second-order valence-corrected chi connectivity index (χ2v) is 8.89. The van der Waals surface area contributed by atoms with Crippen LogP contribution < -0.4 is 10.6 Å². The Hall–Kier alpha value is -3.03. The zero-order chi connectivity index (χ0) is 22.5. The minimum absolute atomic E-state index is 0.0341. The number of para-hydroxylation sites is 1. The van der Waals surface area contributed by atoms with Crippen LogP contribution in [0.3, 0.4) is 0 Å². The molecule has 1 aromatic heterocycles. The quantitative estimate of drug-likeness (QED) is 0.600. The second kappa shape index (κ2) is 9.19. The minimum Gasteiger partial charge on any atom is -0.467 e. The van der Waals surface area contributed by atoms with Crippen molar-refractivity contribution in [3.05, 3.63) is 36.0 Å². The van der Waals surface area contributed by atoms with Crippen molar-refractivity contribution in [3.8, 4) is 0 Å². The Morgan fingerprint density at radius 2 is 1.77 bits per heavy atom. The lowest BCUT2D eigenvalue weighted by Gasteiger charge is -2.28. The van der Waals surface area contributed by atoms with E-state index in [4.69, 9.17) is 9.47 Å². The number of fused-ring (bicyclic) bond motifs is 1. The van der Waals surface area contributed by atoms with Gasteiger partial charge >= 0.3 is 12.1 Å². The zero-order valence-corrected chi connectivity index (χ0v) is 18.4. The van der Waals surface area contributed by atoms with Crippen molar-refractivity contribution in [2.75, 3.05) is 7.11 Å². The highest BCUT2D eigenvalue weighted by Crippen LogP contribution is 2.20. The van der Waals surface area contributed by atoms with Gasteiger partial charge < -0.3 is 25.1 Å². The van der Waals surface area contributed by atoms with Crippen LogP contribution in [-0.2, 0) is 25.5 Å². The summed E-state index contributed by atoms with van der Waals surface area (Å²) in [5.41, 5.74) is 0.337. The monoisotopic (exact) mass is 417 g/mol. The maximum atomic E-state index is 12.6. The SMILES string of the molecule is COC(=O)C(Cc1c[nH]c2ccccc12)NC(=O)CC(C)(C)NC(=O)OC(C)(C)C. The topological polar surface area (TPSA) is 110 Å². The van der Waals surface area contributed by atoms with Gasteiger partial charge in [0.25, 0.3) is 0 Å². The van der Waals surface area contributed by atoms with Crippen molar-refractivity contribution < 1.29 is 23.9 Å². The third-order valence-electron chi connectivity index (χ3n) is 4.36. The third kappa shape index (κ3) is 6.79. The van der Waals surface area contributed by atoms with E-state index in [1.807, 2.05) is 30.5 Å². The Morgan fingerprint density at radius 3 is 2.40 bits per heavy atom. The van der Waals surface area contributed by atoms with Crippen LogP contribution in [0, 0.1) is 0 Å². The minimum atomic E-state index is -0.867. The van der Waals surface area contributed by atoms with E-state index >= 15 is 0 Å². The number of aromatic amines is 1. The first-order valence-electron chi connectivity index (χ1n) is 9.83. The first-order valence-corrected chi connectivity index (χ1v) is 9.83. The summed E-state index contributed by atoms with van der Waals surface area (Å²) in [6.45, 7) is 8.71. The first-order chi connectivity index (χ1) is 13.9. The standard InChI is InChI=1S/C22H31N3O5/c1-21(2,3)30-20(28)25-22(4,5)12-18(26)24-17(19(27)29-6)11-14-13-23-16-10-8-7-9-15(14)16/h7-10,13,17,23H,11-12H2,1-6H3,(H,24,26)(H,25,28). The smallest absolute Gasteiger partial charge is 0.408 e. The molecule has 0 radical (unpaired) electrons. The molecule has 1 unspecified atom stereocenters. The molecule has 2 aromatic rings. The number of alkyl carbamates (subject to hydrolysis) is 1. The molecule has 1 atom stereocenters. The molecule has 0 aliphatic rings. The van der Waals surface area contributed by atoms with Crippen LogP contribution in [0.5, 0.6) is 0 Å². The maximum Gasteiger partial charge on any atom is 0.408 e. The largest absolute Gasteiger partial charge is 0.467 e. The number of esters is 1. The van der Waals surface area contributed by atoms with Gasteiger partial charge in [0.2, 0.25) is 5.91 Å². The molecule has 1 aromatic carbocycles. The van der Waals surface area contributed by atoms with Gasteiger partial charge in [0.1, 0.15) is 11.6 Å². The van der Waals surface area contributed by atoms with Crippen molar-refractivity contribution >= 4 is 28.9 Å². The second-order valence-electron chi connectivity index (χ2n) is 8.89. The molecule has 0 saturated heterocycles. The Kier molecular flexibility index (Phi) is 7.12. The van der Waals surface area contributed by atoms with Crippen LogP contribution in [0.25, 0.3) is 10.9 Å². The average molecular weight is 418 g/mol. The maximum absolute atomic E-state index is 12.6. The molecule has 30 heavy (non-hydrogen) atoms. The Morgan fingerprint density at radius 1 is 1.10 bits per heavy atom. The third-order valence-corrected chi connectivity index (χ3v) is 4.36. The fraction of sp³-hybridized carbons (Fsp3) is 0.500. The van der Waals surface area contributed by atoms with E-state index in [9.17, 15) is 14.4 Å². The molecule has 0 fully saturated rings. The highest BCUT2D eigenvalue weighted by Gasteiger charge is 2.30. The van der Waals surface area contributed by atoms with Gasteiger partial charge in [-0.1, -0.05) is 18.2 Å². The van der Waals surface area contributed by atoms with Crippen molar-refractivity contribution in [2.24, 2.45) is 0 Å². The molecule has 0 spiro atoms. The van der Waals surface area contributed by atoms with E-state index in [1.165, 1.54) is 7.11 Å². The number of hydrogen-bond donors (Lipinski definition) is 3. The van der Waals surface area contributed by atoms with Crippen molar-refractivity contribution in [1.29, 1.82) is 0 Å². The van der Waals surface area contributed by atoms with E-state index in [0.29, 0.717) is 0 Å². The highest BCUT2D eigenvalue weighted by atomic mass is 16.6. The lowest BCUT2D eigenvalue weighted by atomic mass is 9.99. The van der Waals surface area contributed by atoms with Gasteiger partial charge in [0.05, 0.1) is 7.11 Å². The van der Waals surface area contributed by atoms with Gasteiger partial charge in [-0.2, -0.15) is 0 Å². The Bertz CT molecular complexity index is 911. The van der Waals surface area contributed by atoms with E-state index in [-0.39, 0.29) is 18.7 Å². The van der Waals surface area contributed by atoms with Crippen LogP contribution in [0.1, 0.15) is 46.6 Å². The summed E-state index contributed by atoms with van der Waals surface area (Å²) in [7, 11) is 1.28. The molecule has 0 saturated carbocycles. The van der Waals surface area contributed by atoms with Crippen molar-refractivity contribution in [3.63, 3.8) is 0 Å². The lowest BCUT2D eigenvalue weighted by molar-refractivity contribution is -0.145. The lowest BCUT2D eigenvalue weighted by Crippen LogP contribution is -2.51. The number of carbonyl (C=O) groups is 3. The number of benzene rings is 1. The predicted molar refractivity (Wildman–Crippen MR) is 114 cm³/mol. The molecule has 0 bridgehead atoms. The van der Waals surface area contributed by atoms with Crippen molar-refractivity contribution in [2.45, 2.75) is 64.6 Å². The molecular weight excluding hydrogens is 386 g/mol. The first kappa shape index (κ1) is 23.3. The van der Waals surface area contributed by atoms with Gasteiger partial charge in [-0.25, -0.2) is 9.59 Å². The average Bonchev–Trinajstić information content (AvgIpc) is 3.00. The molecule has 3 N–H and O–H groups in total. The summed E-state index contributed by atoms with van der Waals surface area (Å²) < 4.78 is 10.1. The summed E-state index contributed by atoms with van der Waals surface area (Å²) in [4.78, 5) is 40.1. The van der Waals surface area contributed by atoms with Crippen LogP contribution in [0.4, 0.5) is 4.79 Å². The van der Waals surface area contributed by atoms with Gasteiger partial charge in [-0.05, 0) is 46.2 Å². The van der Waals surface area contributed by atoms with Crippen LogP contribution in [0.15, 0.2) is 30.5 Å². The number of amides is 2. The number of methoxy groups -OCH3 is 1. The molecule has 8 nitrogen and oxygen atoms in total. The van der Waals surface area contributed by atoms with E-state index in [1.54, 1.807) is 34.6 Å². The molecule has 164 valence electrons. The molecular formula is C22H31N3O5. The molecule has 2 amide bonds. The fourth-order valence-corrected chi connectivity index (χ4v) is 3.13. The zero-order valence-electron chi connectivity index (χ0n) is 18.4. The van der Waals surface area contributed by atoms with Crippen molar-refractivity contribution in [1.82, 2.24) is 15.6 Å². The van der Waals surface area contributed by atoms with E-state index in [0.717, 1.165) is 16.5 Å². The Balaban J connectivity index is 2.04. The summed E-state index contributed by atoms with van der Waals surface area (Å²) in [6.07, 6.45) is 1.46. The Labute approximate surface area is 176 Å². The number of H-pyrrole nitrogens is 1. The number of rotatable bonds is 7. The van der Waals surface area contributed by atoms with E-state index < -0.39 is 29.2 Å². The summed E-state index contributed by atoms with van der Waals surface area (Å²) >= 11 is 0. The van der Waals surface area contributed by atoms with Gasteiger partial charge in [0.15, 0.2) is 0 Å². The van der Waals surface area contributed by atoms with Crippen LogP contribution in [0.2, 0.25) is 0 Å². The summed E-state index contributed by atoms with van der Waals surface area (Å²) in [5.74, 6) is -0.919. The number of nitrogens with one attached hydrogen (secondary N) is 3. The molecule has 0 aliphatic carbocycles. The molecule has 1 heterocycles. The molecule has 2 rings (SSSR count).